The predicted octanol–water partition coefficient (Wildman–Crippen LogP) is 5.73. The lowest BCUT2D eigenvalue weighted by Crippen LogP contribution is -1.86. The Balaban J connectivity index is 3.10. The molecule has 0 unspecified atom stereocenters. The number of carboxylic acids is 2. The molecule has 138 valence electrons. The van der Waals surface area contributed by atoms with Crippen LogP contribution in [0.1, 0.15) is 89.9 Å². The maximum Gasteiger partial charge on any atom is 0.327 e. The molecule has 0 spiro atoms. The molecule has 0 atom stereocenters. The monoisotopic (exact) mass is 338 g/mol. The van der Waals surface area contributed by atoms with E-state index in [9.17, 15) is 9.59 Å². The molecule has 0 bridgehead atoms. The zero-order valence-corrected chi connectivity index (χ0v) is 14.9. The Labute approximate surface area is 146 Å². The van der Waals surface area contributed by atoms with Crippen molar-refractivity contribution >= 4 is 11.9 Å². The molecular weight excluding hydrogens is 304 g/mol. The molecule has 0 aliphatic carbocycles. The third kappa shape index (κ3) is 20.4. The largest absolute Gasteiger partial charge is 0.478 e. The first-order chi connectivity index (χ1) is 11.6. The van der Waals surface area contributed by atoms with Crippen LogP contribution in [0, 0.1) is 0 Å². The van der Waals surface area contributed by atoms with Gasteiger partial charge in [-0.3, -0.25) is 0 Å². The van der Waals surface area contributed by atoms with Gasteiger partial charge in [0.2, 0.25) is 0 Å². The van der Waals surface area contributed by atoms with E-state index < -0.39 is 11.9 Å². The molecule has 0 aromatic rings. The Hall–Kier alpha value is -1.58. The van der Waals surface area contributed by atoms with Crippen LogP contribution in [0.2, 0.25) is 0 Å². The fourth-order valence-electron chi connectivity index (χ4n) is 2.66. The highest BCUT2D eigenvalue weighted by Crippen LogP contribution is 2.13. The van der Waals surface area contributed by atoms with Crippen LogP contribution in [-0.2, 0) is 9.59 Å². The predicted molar refractivity (Wildman–Crippen MR) is 98.2 cm³/mol. The van der Waals surface area contributed by atoms with E-state index in [1.807, 2.05) is 0 Å². The van der Waals surface area contributed by atoms with Gasteiger partial charge >= 0.3 is 11.9 Å². The summed E-state index contributed by atoms with van der Waals surface area (Å²) in [5.41, 5.74) is 0. The summed E-state index contributed by atoms with van der Waals surface area (Å²) in [6, 6.07) is 0. The smallest absolute Gasteiger partial charge is 0.327 e. The summed E-state index contributed by atoms with van der Waals surface area (Å²) >= 11 is 0. The van der Waals surface area contributed by atoms with Gasteiger partial charge in [0.15, 0.2) is 0 Å². The van der Waals surface area contributed by atoms with Gasteiger partial charge in [0.1, 0.15) is 0 Å². The van der Waals surface area contributed by atoms with Crippen molar-refractivity contribution in [2.24, 2.45) is 0 Å². The van der Waals surface area contributed by atoms with Crippen molar-refractivity contribution in [3.05, 3.63) is 24.3 Å². The first-order valence-corrected chi connectivity index (χ1v) is 9.42. The van der Waals surface area contributed by atoms with Crippen LogP contribution >= 0.6 is 0 Å². The minimum Gasteiger partial charge on any atom is -0.478 e. The van der Waals surface area contributed by atoms with Crippen molar-refractivity contribution in [2.45, 2.75) is 89.9 Å². The molecule has 0 aliphatic rings. The molecule has 0 saturated heterocycles. The number of carboxylic acid groups (broad SMARTS) is 2. The average molecular weight is 338 g/mol. The van der Waals surface area contributed by atoms with Gasteiger partial charge < -0.3 is 10.2 Å². The van der Waals surface area contributed by atoms with E-state index in [0.717, 1.165) is 25.7 Å². The number of rotatable bonds is 17. The quantitative estimate of drug-likeness (QED) is 0.262. The Bertz CT molecular complexity index is 336. The molecule has 0 aromatic carbocycles. The molecule has 0 rings (SSSR count). The number of hydrogen-bond donors (Lipinski definition) is 2. The van der Waals surface area contributed by atoms with E-state index in [2.05, 4.69) is 0 Å². The minimum absolute atomic E-state index is 0.856. The number of unbranched alkanes of at least 4 members (excludes halogenated alkanes) is 13. The van der Waals surface area contributed by atoms with Gasteiger partial charge in [-0.05, 0) is 25.7 Å². The summed E-state index contributed by atoms with van der Waals surface area (Å²) in [7, 11) is 0. The van der Waals surface area contributed by atoms with Crippen LogP contribution in [0.15, 0.2) is 24.3 Å². The molecule has 0 radical (unpaired) electrons. The number of hydrogen-bond acceptors (Lipinski definition) is 2. The van der Waals surface area contributed by atoms with Crippen molar-refractivity contribution in [3.63, 3.8) is 0 Å². The normalized spacial score (nSPS) is 11.5. The number of carbonyl (C=O) groups is 2. The highest BCUT2D eigenvalue weighted by atomic mass is 16.4. The molecule has 0 aromatic heterocycles. The lowest BCUT2D eigenvalue weighted by atomic mass is 10.0. The lowest BCUT2D eigenvalue weighted by molar-refractivity contribution is -0.132. The van der Waals surface area contributed by atoms with Crippen LogP contribution in [0.5, 0.6) is 0 Å². The summed E-state index contributed by atoms with van der Waals surface area (Å²) in [6.07, 6.45) is 22.6. The summed E-state index contributed by atoms with van der Waals surface area (Å²) in [4.78, 5) is 20.5. The van der Waals surface area contributed by atoms with Gasteiger partial charge in [0.25, 0.3) is 0 Å². The van der Waals surface area contributed by atoms with Crippen molar-refractivity contribution in [1.82, 2.24) is 0 Å². The Morgan fingerprint density at radius 1 is 0.500 bits per heavy atom. The van der Waals surface area contributed by atoms with Crippen molar-refractivity contribution < 1.29 is 19.8 Å². The minimum atomic E-state index is -0.856. The Morgan fingerprint density at radius 3 is 1.00 bits per heavy atom. The van der Waals surface area contributed by atoms with E-state index in [1.165, 1.54) is 76.4 Å². The topological polar surface area (TPSA) is 74.6 Å². The van der Waals surface area contributed by atoms with Crippen molar-refractivity contribution in [3.8, 4) is 0 Å². The van der Waals surface area contributed by atoms with Crippen LogP contribution in [0.4, 0.5) is 0 Å². The Morgan fingerprint density at radius 2 is 0.750 bits per heavy atom. The van der Waals surface area contributed by atoms with E-state index >= 15 is 0 Å². The Kier molecular flexibility index (Phi) is 16.6. The zero-order valence-electron chi connectivity index (χ0n) is 14.9. The first kappa shape index (κ1) is 22.4. The highest BCUT2D eigenvalue weighted by molar-refractivity contribution is 5.79. The summed E-state index contributed by atoms with van der Waals surface area (Å²) in [5, 5.41) is 16.9. The van der Waals surface area contributed by atoms with Gasteiger partial charge in [-0.15, -0.1) is 0 Å². The zero-order chi connectivity index (χ0) is 17.9. The van der Waals surface area contributed by atoms with Crippen molar-refractivity contribution in [1.29, 1.82) is 0 Å². The van der Waals surface area contributed by atoms with Gasteiger partial charge in [-0.25, -0.2) is 9.59 Å². The second-order valence-corrected chi connectivity index (χ2v) is 6.30. The number of allylic oxidation sites excluding steroid dienone is 2. The van der Waals surface area contributed by atoms with E-state index in [0.29, 0.717) is 0 Å². The van der Waals surface area contributed by atoms with E-state index in [-0.39, 0.29) is 0 Å². The van der Waals surface area contributed by atoms with Crippen LogP contribution in [-0.4, -0.2) is 22.2 Å². The summed E-state index contributed by atoms with van der Waals surface area (Å²) in [5.74, 6) is -1.71. The second-order valence-electron chi connectivity index (χ2n) is 6.30. The standard InChI is InChI=1S/C20H34O4/c21-19(22)17-15-13-11-9-7-5-3-1-2-4-6-8-10-12-14-16-18-20(23)24/h15-18H,1-14H2,(H,21,22)(H,23,24). The van der Waals surface area contributed by atoms with Crippen molar-refractivity contribution in [2.75, 3.05) is 0 Å². The number of aliphatic carboxylic acids is 2. The molecule has 0 heterocycles. The molecule has 0 amide bonds. The molecular formula is C20H34O4. The van der Waals surface area contributed by atoms with Crippen LogP contribution in [0.3, 0.4) is 0 Å². The average Bonchev–Trinajstić information content (AvgIpc) is 2.53. The fraction of sp³-hybridized carbons (Fsp3) is 0.700. The van der Waals surface area contributed by atoms with Gasteiger partial charge in [0, 0.05) is 12.2 Å². The third-order valence-corrected chi connectivity index (χ3v) is 4.01. The summed E-state index contributed by atoms with van der Waals surface area (Å²) < 4.78 is 0. The second kappa shape index (κ2) is 17.8. The SMILES string of the molecule is O=C(O)C=CCCCCCCCCCCCCCCC=CC(=O)O. The van der Waals surface area contributed by atoms with E-state index in [4.69, 9.17) is 10.2 Å². The van der Waals surface area contributed by atoms with Crippen LogP contribution < -0.4 is 0 Å². The van der Waals surface area contributed by atoms with Gasteiger partial charge in [0.05, 0.1) is 0 Å². The fourth-order valence-corrected chi connectivity index (χ4v) is 2.66. The lowest BCUT2D eigenvalue weighted by Gasteiger charge is -2.02. The maximum absolute atomic E-state index is 10.3. The molecule has 0 fully saturated rings. The van der Waals surface area contributed by atoms with Gasteiger partial charge in [-0.1, -0.05) is 76.4 Å². The summed E-state index contributed by atoms with van der Waals surface area (Å²) in [6.45, 7) is 0. The molecule has 4 nitrogen and oxygen atoms in total. The van der Waals surface area contributed by atoms with E-state index in [1.54, 1.807) is 12.2 Å². The highest BCUT2D eigenvalue weighted by Gasteiger charge is 1.94. The van der Waals surface area contributed by atoms with Gasteiger partial charge in [-0.2, -0.15) is 0 Å². The third-order valence-electron chi connectivity index (χ3n) is 4.01. The first-order valence-electron chi connectivity index (χ1n) is 9.42. The maximum atomic E-state index is 10.3. The molecule has 0 saturated carbocycles. The molecule has 2 N–H and O–H groups in total. The molecule has 4 heteroatoms. The molecule has 24 heavy (non-hydrogen) atoms. The molecule has 0 aliphatic heterocycles. The van der Waals surface area contributed by atoms with Crippen LogP contribution in [0.25, 0.3) is 0 Å².